The van der Waals surface area contributed by atoms with Gasteiger partial charge in [-0.25, -0.2) is 4.98 Å². The number of rotatable bonds is 6. The summed E-state index contributed by atoms with van der Waals surface area (Å²) in [6.07, 6.45) is 2.47. The number of nitrogens with one attached hydrogen (secondary N) is 1. The van der Waals surface area contributed by atoms with E-state index in [0.29, 0.717) is 38.9 Å². The number of ether oxygens (including phenoxy) is 3. The van der Waals surface area contributed by atoms with Crippen LogP contribution in [0.4, 0.5) is 22.3 Å². The van der Waals surface area contributed by atoms with Gasteiger partial charge in [0.15, 0.2) is 16.6 Å². The monoisotopic (exact) mass is 507 g/mol. The zero-order valence-corrected chi connectivity index (χ0v) is 20.7. The van der Waals surface area contributed by atoms with Crippen molar-refractivity contribution in [2.24, 2.45) is 0 Å². The first-order chi connectivity index (χ1) is 17.7. The van der Waals surface area contributed by atoms with E-state index in [1.54, 1.807) is 18.2 Å². The highest BCUT2D eigenvalue weighted by atomic mass is 32.1. The fraction of sp³-hybridized carbons (Fsp3) is 0.385. The maximum Gasteiger partial charge on any atom is 0.280 e. The summed E-state index contributed by atoms with van der Waals surface area (Å²) < 4.78 is 17.2. The third-order valence-corrected chi connectivity index (χ3v) is 7.99. The Balaban J connectivity index is 1.06. The average Bonchev–Trinajstić information content (AvgIpc) is 3.52. The highest BCUT2D eigenvalue weighted by Gasteiger charge is 2.30. The summed E-state index contributed by atoms with van der Waals surface area (Å²) in [5.74, 6) is 1.46. The molecule has 0 bridgehead atoms. The summed E-state index contributed by atoms with van der Waals surface area (Å²) >= 11 is 1.39. The smallest absolute Gasteiger partial charge is 0.280 e. The van der Waals surface area contributed by atoms with E-state index in [1.165, 1.54) is 29.9 Å². The molecule has 3 aliphatic rings. The number of nitrogens with two attached hydrogens (primary N) is 1. The Morgan fingerprint density at radius 3 is 2.50 bits per heavy atom. The SMILES string of the molecule is Nc1nc(Nc2ccc(N3CCC(N4CCOCC4)CC3)cc2)sc1C1Oc2ccc(C=O)cc2O1. The van der Waals surface area contributed by atoms with Crippen LogP contribution >= 0.6 is 11.3 Å². The fourth-order valence-electron chi connectivity index (χ4n) is 5.03. The van der Waals surface area contributed by atoms with Crippen molar-refractivity contribution < 1.29 is 19.0 Å². The second-order valence-corrected chi connectivity index (χ2v) is 10.2. The van der Waals surface area contributed by atoms with Gasteiger partial charge in [-0.3, -0.25) is 9.69 Å². The van der Waals surface area contributed by atoms with Crippen LogP contribution in [-0.2, 0) is 4.74 Å². The molecule has 0 amide bonds. The van der Waals surface area contributed by atoms with Crippen molar-refractivity contribution in [1.29, 1.82) is 0 Å². The normalized spacial score (nSPS) is 20.4. The molecule has 0 spiro atoms. The number of aromatic nitrogens is 1. The zero-order chi connectivity index (χ0) is 24.5. The van der Waals surface area contributed by atoms with E-state index in [-0.39, 0.29) is 0 Å². The van der Waals surface area contributed by atoms with Crippen molar-refractivity contribution in [3.63, 3.8) is 0 Å². The van der Waals surface area contributed by atoms with E-state index < -0.39 is 6.29 Å². The van der Waals surface area contributed by atoms with E-state index in [1.807, 2.05) is 0 Å². The number of anilines is 4. The van der Waals surface area contributed by atoms with E-state index in [9.17, 15) is 4.79 Å². The van der Waals surface area contributed by atoms with Crippen LogP contribution in [0.5, 0.6) is 11.5 Å². The largest absolute Gasteiger partial charge is 0.446 e. The molecule has 1 unspecified atom stereocenters. The molecule has 4 heterocycles. The van der Waals surface area contributed by atoms with E-state index in [2.05, 4.69) is 44.4 Å². The summed E-state index contributed by atoms with van der Waals surface area (Å²) in [6, 6.07) is 14.2. The number of morpholine rings is 1. The number of aldehydes is 1. The summed E-state index contributed by atoms with van der Waals surface area (Å²) in [7, 11) is 0. The fourth-order valence-corrected chi connectivity index (χ4v) is 5.89. The van der Waals surface area contributed by atoms with Crippen LogP contribution in [-0.4, -0.2) is 61.6 Å². The van der Waals surface area contributed by atoms with Crippen LogP contribution in [0.1, 0.15) is 34.4 Å². The predicted molar refractivity (Wildman–Crippen MR) is 140 cm³/mol. The molecule has 2 fully saturated rings. The Kier molecular flexibility index (Phi) is 6.39. The number of carbonyl (C=O) groups is 1. The summed E-state index contributed by atoms with van der Waals surface area (Å²) in [5.41, 5.74) is 8.88. The lowest BCUT2D eigenvalue weighted by atomic mass is 10.0. The molecule has 1 atom stereocenters. The van der Waals surface area contributed by atoms with Crippen molar-refractivity contribution in [2.75, 3.05) is 55.3 Å². The van der Waals surface area contributed by atoms with Crippen LogP contribution in [0.3, 0.4) is 0 Å². The topological polar surface area (TPSA) is 102 Å². The molecule has 0 radical (unpaired) electrons. The molecule has 3 aliphatic heterocycles. The molecule has 1 aromatic heterocycles. The Morgan fingerprint density at radius 2 is 1.75 bits per heavy atom. The zero-order valence-electron chi connectivity index (χ0n) is 19.9. The number of piperidine rings is 1. The number of benzene rings is 2. The molecular formula is C26H29N5O4S. The minimum absolute atomic E-state index is 0.357. The highest BCUT2D eigenvalue weighted by molar-refractivity contribution is 7.16. The number of hydrogen-bond donors (Lipinski definition) is 2. The van der Waals surface area contributed by atoms with Gasteiger partial charge in [0.2, 0.25) is 0 Å². The molecule has 3 aromatic rings. The van der Waals surface area contributed by atoms with Crippen molar-refractivity contribution in [1.82, 2.24) is 9.88 Å². The summed E-state index contributed by atoms with van der Waals surface area (Å²) in [5, 5.41) is 4.01. The lowest BCUT2D eigenvalue weighted by molar-refractivity contribution is 0.0115. The molecule has 2 aromatic carbocycles. The van der Waals surface area contributed by atoms with Crippen molar-refractivity contribution in [3.05, 3.63) is 52.9 Å². The van der Waals surface area contributed by atoms with Gasteiger partial charge < -0.3 is 30.2 Å². The first-order valence-electron chi connectivity index (χ1n) is 12.3. The second kappa shape index (κ2) is 9.96. The Morgan fingerprint density at radius 1 is 1.00 bits per heavy atom. The lowest BCUT2D eigenvalue weighted by Crippen LogP contribution is -2.49. The minimum atomic E-state index is -0.683. The van der Waals surface area contributed by atoms with Gasteiger partial charge in [-0.05, 0) is 55.3 Å². The minimum Gasteiger partial charge on any atom is -0.446 e. The van der Waals surface area contributed by atoms with Gasteiger partial charge in [-0.15, -0.1) is 0 Å². The van der Waals surface area contributed by atoms with Gasteiger partial charge in [-0.1, -0.05) is 11.3 Å². The van der Waals surface area contributed by atoms with Gasteiger partial charge in [0.25, 0.3) is 6.29 Å². The first-order valence-corrected chi connectivity index (χ1v) is 13.1. The maximum atomic E-state index is 11.0. The van der Waals surface area contributed by atoms with Crippen molar-refractivity contribution >= 4 is 39.9 Å². The standard InChI is InChI=1S/C26H29N5O4S/c27-24-23(25-34-21-6-1-17(16-32)15-22(21)35-25)36-26(29-24)28-18-2-4-19(5-3-18)30-9-7-20(8-10-30)31-11-13-33-14-12-31/h1-6,15-16,20,25H,7-14,27H2,(H,28,29). The molecule has 6 rings (SSSR count). The molecule has 9 nitrogen and oxygen atoms in total. The Hall–Kier alpha value is -3.34. The van der Waals surface area contributed by atoms with E-state index >= 15 is 0 Å². The number of fused-ring (bicyclic) bond motifs is 1. The first kappa shape index (κ1) is 23.1. The third-order valence-electron chi connectivity index (χ3n) is 6.98. The average molecular weight is 508 g/mol. The molecule has 0 aliphatic carbocycles. The molecule has 188 valence electrons. The third kappa shape index (κ3) is 4.71. The van der Waals surface area contributed by atoms with Crippen LogP contribution in [0, 0.1) is 0 Å². The Bertz CT molecular complexity index is 1220. The maximum absolute atomic E-state index is 11.0. The van der Waals surface area contributed by atoms with E-state index in [4.69, 9.17) is 19.9 Å². The van der Waals surface area contributed by atoms with Crippen molar-refractivity contribution in [3.8, 4) is 11.5 Å². The van der Waals surface area contributed by atoms with Crippen LogP contribution in [0.25, 0.3) is 0 Å². The van der Waals surface area contributed by atoms with Gasteiger partial charge >= 0.3 is 0 Å². The molecule has 2 saturated heterocycles. The Labute approximate surface area is 213 Å². The van der Waals surface area contributed by atoms with Crippen LogP contribution < -0.4 is 25.4 Å². The number of nitrogens with zero attached hydrogens (tertiary/aromatic N) is 3. The highest BCUT2D eigenvalue weighted by Crippen LogP contribution is 2.44. The molecular weight excluding hydrogens is 478 g/mol. The van der Waals surface area contributed by atoms with Gasteiger partial charge in [0, 0.05) is 49.2 Å². The van der Waals surface area contributed by atoms with Gasteiger partial charge in [-0.2, -0.15) is 0 Å². The van der Waals surface area contributed by atoms with E-state index in [0.717, 1.165) is 51.4 Å². The van der Waals surface area contributed by atoms with Gasteiger partial charge in [0.05, 0.1) is 13.2 Å². The summed E-state index contributed by atoms with van der Waals surface area (Å²) in [4.78, 5) is 21.2. The molecule has 10 heteroatoms. The number of carbonyl (C=O) groups excluding carboxylic acids is 1. The number of thiazole rings is 1. The lowest BCUT2D eigenvalue weighted by Gasteiger charge is -2.40. The van der Waals surface area contributed by atoms with Gasteiger partial charge in [0.1, 0.15) is 17.0 Å². The molecule has 0 saturated carbocycles. The van der Waals surface area contributed by atoms with Crippen molar-refractivity contribution in [2.45, 2.75) is 25.2 Å². The molecule has 36 heavy (non-hydrogen) atoms. The summed E-state index contributed by atoms with van der Waals surface area (Å²) in [6.45, 7) is 5.97. The van der Waals surface area contributed by atoms with Crippen LogP contribution in [0.15, 0.2) is 42.5 Å². The quantitative estimate of drug-likeness (QED) is 0.478. The van der Waals surface area contributed by atoms with Crippen LogP contribution in [0.2, 0.25) is 0 Å². The predicted octanol–water partition coefficient (Wildman–Crippen LogP) is 4.05. The molecule has 3 N–H and O–H groups in total. The number of nitrogen functional groups attached to an aromatic ring is 1. The number of hydrogen-bond acceptors (Lipinski definition) is 10. The second-order valence-electron chi connectivity index (χ2n) is 9.20.